The molecule has 130 valence electrons. The number of imidazole rings is 1. The Bertz CT molecular complexity index is 1240. The SMILES string of the molecule is Clc1ccccc1-n1ccc2c(-n3cnc(-c4cccnc4)c3)cccc21. The van der Waals surface area contributed by atoms with E-state index in [0.29, 0.717) is 0 Å². The van der Waals surface area contributed by atoms with E-state index in [1.54, 1.807) is 6.20 Å². The van der Waals surface area contributed by atoms with Crippen LogP contribution in [0.4, 0.5) is 0 Å². The summed E-state index contributed by atoms with van der Waals surface area (Å²) in [7, 11) is 0. The van der Waals surface area contributed by atoms with Crippen LogP contribution in [0.2, 0.25) is 5.02 Å². The third-order valence-corrected chi connectivity index (χ3v) is 4.96. The van der Waals surface area contributed by atoms with Gasteiger partial charge < -0.3 is 9.13 Å². The summed E-state index contributed by atoms with van der Waals surface area (Å²) < 4.78 is 4.15. The van der Waals surface area contributed by atoms with Gasteiger partial charge in [0.25, 0.3) is 0 Å². The molecule has 0 N–H and O–H groups in total. The zero-order valence-corrected chi connectivity index (χ0v) is 15.1. The van der Waals surface area contributed by atoms with Gasteiger partial charge in [-0.2, -0.15) is 0 Å². The van der Waals surface area contributed by atoms with Crippen molar-refractivity contribution in [1.29, 1.82) is 0 Å². The lowest BCUT2D eigenvalue weighted by Crippen LogP contribution is -1.94. The number of benzene rings is 2. The van der Waals surface area contributed by atoms with Crippen LogP contribution in [0.1, 0.15) is 0 Å². The molecule has 0 aliphatic rings. The minimum absolute atomic E-state index is 0.724. The third kappa shape index (κ3) is 2.71. The van der Waals surface area contributed by atoms with Crippen LogP contribution in [0.3, 0.4) is 0 Å². The number of fused-ring (bicyclic) bond motifs is 1. The second-order valence-electron chi connectivity index (χ2n) is 6.25. The Morgan fingerprint density at radius 3 is 2.59 bits per heavy atom. The molecule has 27 heavy (non-hydrogen) atoms. The van der Waals surface area contributed by atoms with Crippen LogP contribution in [0, 0.1) is 0 Å². The van der Waals surface area contributed by atoms with Gasteiger partial charge in [0.2, 0.25) is 0 Å². The summed E-state index contributed by atoms with van der Waals surface area (Å²) in [6.45, 7) is 0. The molecule has 0 atom stereocenters. The fourth-order valence-electron chi connectivity index (χ4n) is 3.35. The summed E-state index contributed by atoms with van der Waals surface area (Å²) in [5.74, 6) is 0. The molecule has 4 nitrogen and oxygen atoms in total. The van der Waals surface area contributed by atoms with Gasteiger partial charge in [0.1, 0.15) is 0 Å². The Labute approximate surface area is 161 Å². The van der Waals surface area contributed by atoms with Gasteiger partial charge in [0.15, 0.2) is 0 Å². The zero-order chi connectivity index (χ0) is 18.2. The van der Waals surface area contributed by atoms with Gasteiger partial charge in [0.05, 0.1) is 33.9 Å². The van der Waals surface area contributed by atoms with E-state index in [0.717, 1.165) is 38.6 Å². The molecule has 0 amide bonds. The highest BCUT2D eigenvalue weighted by Gasteiger charge is 2.11. The Hall–Kier alpha value is -3.37. The summed E-state index contributed by atoms with van der Waals surface area (Å²) in [5, 5.41) is 1.86. The maximum atomic E-state index is 6.40. The predicted molar refractivity (Wildman–Crippen MR) is 109 cm³/mol. The summed E-state index contributed by atoms with van der Waals surface area (Å²) in [6, 6.07) is 20.1. The highest BCUT2D eigenvalue weighted by Crippen LogP contribution is 2.29. The molecule has 0 saturated carbocycles. The van der Waals surface area contributed by atoms with E-state index in [4.69, 9.17) is 11.6 Å². The van der Waals surface area contributed by atoms with Crippen LogP contribution in [0.25, 0.3) is 33.5 Å². The van der Waals surface area contributed by atoms with Gasteiger partial charge in [0, 0.05) is 35.7 Å². The van der Waals surface area contributed by atoms with E-state index in [2.05, 4.69) is 38.8 Å². The molecule has 3 heterocycles. The smallest absolute Gasteiger partial charge is 0.0999 e. The number of hydrogen-bond acceptors (Lipinski definition) is 2. The van der Waals surface area contributed by atoms with E-state index in [1.807, 2.05) is 65.9 Å². The summed E-state index contributed by atoms with van der Waals surface area (Å²) in [4.78, 5) is 8.72. The average molecular weight is 371 g/mol. The molecule has 5 rings (SSSR count). The first-order valence-electron chi connectivity index (χ1n) is 8.61. The Morgan fingerprint density at radius 1 is 0.852 bits per heavy atom. The molecule has 2 aromatic carbocycles. The fourth-order valence-corrected chi connectivity index (χ4v) is 3.58. The molecule has 0 spiro atoms. The summed E-state index contributed by atoms with van der Waals surface area (Å²) >= 11 is 6.40. The number of aromatic nitrogens is 4. The van der Waals surface area contributed by atoms with Gasteiger partial charge in [-0.05, 0) is 42.5 Å². The average Bonchev–Trinajstić information content (AvgIpc) is 3.36. The van der Waals surface area contributed by atoms with Crippen molar-refractivity contribution in [2.75, 3.05) is 0 Å². The maximum absolute atomic E-state index is 6.40. The predicted octanol–water partition coefficient (Wildman–Crippen LogP) is 5.53. The number of rotatable bonds is 3. The van der Waals surface area contributed by atoms with Gasteiger partial charge in [-0.3, -0.25) is 4.98 Å². The molecular formula is C22H15ClN4. The number of pyridine rings is 1. The molecule has 0 saturated heterocycles. The van der Waals surface area contributed by atoms with Crippen molar-refractivity contribution in [1.82, 2.24) is 19.1 Å². The maximum Gasteiger partial charge on any atom is 0.0999 e. The number of nitrogens with zero attached hydrogens (tertiary/aromatic N) is 4. The normalized spacial score (nSPS) is 11.1. The molecule has 3 aromatic heterocycles. The van der Waals surface area contributed by atoms with Crippen molar-refractivity contribution < 1.29 is 0 Å². The molecule has 5 aromatic rings. The standard InChI is InChI=1S/C22H15ClN4/c23-18-6-1-2-7-22(18)27-12-10-17-20(8-3-9-21(17)27)26-14-19(25-15-26)16-5-4-11-24-13-16/h1-15H. The van der Waals surface area contributed by atoms with Gasteiger partial charge in [-0.25, -0.2) is 4.98 Å². The minimum Gasteiger partial charge on any atom is -0.315 e. The molecular weight excluding hydrogens is 356 g/mol. The van der Waals surface area contributed by atoms with E-state index in [1.165, 1.54) is 0 Å². The van der Waals surface area contributed by atoms with E-state index >= 15 is 0 Å². The lowest BCUT2D eigenvalue weighted by Gasteiger charge is -2.09. The Balaban J connectivity index is 1.64. The number of halogens is 1. The van der Waals surface area contributed by atoms with Crippen molar-refractivity contribution in [3.05, 3.63) is 96.8 Å². The van der Waals surface area contributed by atoms with Crippen LogP contribution >= 0.6 is 11.6 Å². The van der Waals surface area contributed by atoms with E-state index in [-0.39, 0.29) is 0 Å². The van der Waals surface area contributed by atoms with Gasteiger partial charge in [-0.15, -0.1) is 0 Å². The summed E-state index contributed by atoms with van der Waals surface area (Å²) in [6.07, 6.45) is 9.50. The second kappa shape index (κ2) is 6.41. The topological polar surface area (TPSA) is 35.6 Å². The fraction of sp³-hybridized carbons (Fsp3) is 0. The van der Waals surface area contributed by atoms with Gasteiger partial charge in [-0.1, -0.05) is 29.8 Å². The number of hydrogen-bond donors (Lipinski definition) is 0. The van der Waals surface area contributed by atoms with E-state index in [9.17, 15) is 0 Å². The highest BCUT2D eigenvalue weighted by atomic mass is 35.5. The van der Waals surface area contributed by atoms with Crippen LogP contribution < -0.4 is 0 Å². The monoisotopic (exact) mass is 370 g/mol. The van der Waals surface area contributed by atoms with Crippen molar-refractivity contribution in [2.24, 2.45) is 0 Å². The van der Waals surface area contributed by atoms with Crippen LogP contribution in [-0.4, -0.2) is 19.1 Å². The van der Waals surface area contributed by atoms with Crippen molar-refractivity contribution in [3.63, 3.8) is 0 Å². The third-order valence-electron chi connectivity index (χ3n) is 4.64. The lowest BCUT2D eigenvalue weighted by atomic mass is 10.2. The van der Waals surface area contributed by atoms with Crippen molar-refractivity contribution in [2.45, 2.75) is 0 Å². The molecule has 0 aliphatic carbocycles. The first-order valence-corrected chi connectivity index (χ1v) is 8.99. The Kier molecular flexibility index (Phi) is 3.77. The largest absolute Gasteiger partial charge is 0.315 e. The first-order chi connectivity index (χ1) is 13.3. The Morgan fingerprint density at radius 2 is 1.74 bits per heavy atom. The molecule has 0 fully saturated rings. The van der Waals surface area contributed by atoms with Crippen LogP contribution in [-0.2, 0) is 0 Å². The van der Waals surface area contributed by atoms with Gasteiger partial charge >= 0.3 is 0 Å². The lowest BCUT2D eigenvalue weighted by molar-refractivity contribution is 1.07. The molecule has 0 bridgehead atoms. The minimum atomic E-state index is 0.724. The van der Waals surface area contributed by atoms with E-state index < -0.39 is 0 Å². The molecule has 5 heteroatoms. The summed E-state index contributed by atoms with van der Waals surface area (Å²) in [5.41, 5.74) is 5.02. The molecule has 0 unspecified atom stereocenters. The van der Waals surface area contributed by atoms with Crippen LogP contribution in [0.15, 0.2) is 91.8 Å². The highest BCUT2D eigenvalue weighted by molar-refractivity contribution is 6.32. The van der Waals surface area contributed by atoms with Crippen LogP contribution in [0.5, 0.6) is 0 Å². The second-order valence-corrected chi connectivity index (χ2v) is 6.66. The zero-order valence-electron chi connectivity index (χ0n) is 14.3. The molecule has 0 aliphatic heterocycles. The van der Waals surface area contributed by atoms with Crippen molar-refractivity contribution in [3.8, 4) is 22.6 Å². The van der Waals surface area contributed by atoms with Crippen molar-refractivity contribution >= 4 is 22.5 Å². The number of para-hydroxylation sites is 1. The first kappa shape index (κ1) is 15.9. The quantitative estimate of drug-likeness (QED) is 0.418. The molecule has 0 radical (unpaired) electrons.